The topological polar surface area (TPSA) is 38.0 Å². The monoisotopic (exact) mass is 198 g/mol. The molecule has 0 spiro atoms. The molecule has 0 unspecified atom stereocenters. The van der Waals surface area contributed by atoms with E-state index >= 15 is 0 Å². The highest BCUT2D eigenvalue weighted by molar-refractivity contribution is 4.89. The van der Waals surface area contributed by atoms with Crippen LogP contribution >= 0.6 is 0 Å². The molecular weight excluding hydrogens is 172 g/mol. The Kier molecular flexibility index (Phi) is 4.90. The van der Waals surface area contributed by atoms with Crippen LogP contribution < -0.4 is 11.1 Å². The Morgan fingerprint density at radius 1 is 1.29 bits per heavy atom. The van der Waals surface area contributed by atoms with E-state index in [-0.39, 0.29) is 0 Å². The van der Waals surface area contributed by atoms with E-state index in [0.29, 0.717) is 11.5 Å². The smallest absolute Gasteiger partial charge is 0.00106 e. The van der Waals surface area contributed by atoms with Crippen molar-refractivity contribution in [2.45, 2.75) is 58.4 Å². The minimum Gasteiger partial charge on any atom is -0.330 e. The normalized spacial score (nSPS) is 19.7. The summed E-state index contributed by atoms with van der Waals surface area (Å²) in [5.41, 5.74) is 6.16. The zero-order valence-electron chi connectivity index (χ0n) is 9.81. The second-order valence-electron chi connectivity index (χ2n) is 5.13. The van der Waals surface area contributed by atoms with Gasteiger partial charge in [-0.1, -0.05) is 26.7 Å². The first kappa shape index (κ1) is 12.0. The molecule has 1 aliphatic carbocycles. The van der Waals surface area contributed by atoms with E-state index in [1.54, 1.807) is 0 Å². The van der Waals surface area contributed by atoms with Gasteiger partial charge in [0.2, 0.25) is 0 Å². The molecule has 1 fully saturated rings. The zero-order valence-corrected chi connectivity index (χ0v) is 9.81. The lowest BCUT2D eigenvalue weighted by Crippen LogP contribution is -2.42. The van der Waals surface area contributed by atoms with E-state index < -0.39 is 0 Å². The molecule has 0 heterocycles. The summed E-state index contributed by atoms with van der Waals surface area (Å²) in [6.07, 6.45) is 8.18. The molecule has 0 aromatic rings. The van der Waals surface area contributed by atoms with Gasteiger partial charge in [0, 0.05) is 12.6 Å². The molecule has 1 rings (SSSR count). The van der Waals surface area contributed by atoms with Gasteiger partial charge in [-0.05, 0) is 37.6 Å². The fourth-order valence-electron chi connectivity index (χ4n) is 2.26. The maximum atomic E-state index is 5.52. The van der Waals surface area contributed by atoms with Gasteiger partial charge >= 0.3 is 0 Å². The van der Waals surface area contributed by atoms with Crippen LogP contribution in [0.1, 0.15) is 52.4 Å². The second-order valence-corrected chi connectivity index (χ2v) is 5.13. The van der Waals surface area contributed by atoms with Gasteiger partial charge in [0.1, 0.15) is 0 Å². The van der Waals surface area contributed by atoms with Crippen molar-refractivity contribution >= 4 is 0 Å². The minimum absolute atomic E-state index is 0.627. The molecule has 0 aromatic carbocycles. The van der Waals surface area contributed by atoms with Crippen LogP contribution in [0.3, 0.4) is 0 Å². The van der Waals surface area contributed by atoms with E-state index in [1.165, 1.54) is 45.1 Å². The summed E-state index contributed by atoms with van der Waals surface area (Å²) >= 11 is 0. The summed E-state index contributed by atoms with van der Waals surface area (Å²) in [6.45, 7) is 6.53. The highest BCUT2D eigenvalue weighted by Gasteiger charge is 2.35. The number of hydrogen-bond donors (Lipinski definition) is 2. The molecule has 2 heteroatoms. The Morgan fingerprint density at radius 3 is 2.43 bits per heavy atom. The molecule has 0 radical (unpaired) electrons. The molecule has 14 heavy (non-hydrogen) atoms. The maximum Gasteiger partial charge on any atom is 0.00106 e. The van der Waals surface area contributed by atoms with Crippen molar-refractivity contribution in [3.8, 4) is 0 Å². The Balaban J connectivity index is 2.19. The predicted molar refractivity (Wildman–Crippen MR) is 62.3 cm³/mol. The number of hydrogen-bond acceptors (Lipinski definition) is 2. The van der Waals surface area contributed by atoms with Crippen LogP contribution in [-0.2, 0) is 0 Å². The van der Waals surface area contributed by atoms with Crippen molar-refractivity contribution in [3.63, 3.8) is 0 Å². The van der Waals surface area contributed by atoms with Gasteiger partial charge < -0.3 is 11.1 Å². The van der Waals surface area contributed by atoms with Gasteiger partial charge in [0.05, 0.1) is 0 Å². The fourth-order valence-corrected chi connectivity index (χ4v) is 2.26. The van der Waals surface area contributed by atoms with Crippen molar-refractivity contribution in [3.05, 3.63) is 0 Å². The first-order valence-corrected chi connectivity index (χ1v) is 6.12. The van der Waals surface area contributed by atoms with Crippen LogP contribution in [0.25, 0.3) is 0 Å². The highest BCUT2D eigenvalue weighted by Crippen LogP contribution is 2.44. The summed E-state index contributed by atoms with van der Waals surface area (Å²) < 4.78 is 0. The molecule has 1 aliphatic rings. The van der Waals surface area contributed by atoms with Crippen molar-refractivity contribution in [2.75, 3.05) is 13.1 Å². The van der Waals surface area contributed by atoms with Gasteiger partial charge in [-0.3, -0.25) is 0 Å². The Bertz CT molecular complexity index is 150. The molecule has 0 bridgehead atoms. The molecule has 3 N–H and O–H groups in total. The van der Waals surface area contributed by atoms with Crippen LogP contribution in [0.2, 0.25) is 0 Å². The SMILES string of the molecule is CC(C)NCC1(CCCCN)CCC1. The largest absolute Gasteiger partial charge is 0.330 e. The lowest BCUT2D eigenvalue weighted by Gasteiger charge is -2.43. The van der Waals surface area contributed by atoms with Crippen molar-refractivity contribution in [1.82, 2.24) is 5.32 Å². The number of nitrogens with one attached hydrogen (secondary N) is 1. The summed E-state index contributed by atoms with van der Waals surface area (Å²) in [7, 11) is 0. The average Bonchev–Trinajstić information content (AvgIpc) is 2.08. The van der Waals surface area contributed by atoms with Gasteiger partial charge in [0.15, 0.2) is 0 Å². The van der Waals surface area contributed by atoms with Gasteiger partial charge in [0.25, 0.3) is 0 Å². The fraction of sp³-hybridized carbons (Fsp3) is 1.00. The summed E-state index contributed by atoms with van der Waals surface area (Å²) in [5, 5.41) is 3.58. The van der Waals surface area contributed by atoms with Crippen molar-refractivity contribution in [2.24, 2.45) is 11.1 Å². The summed E-state index contributed by atoms with van der Waals surface area (Å²) in [6, 6.07) is 0.627. The van der Waals surface area contributed by atoms with Gasteiger partial charge in [-0.15, -0.1) is 0 Å². The lowest BCUT2D eigenvalue weighted by molar-refractivity contribution is 0.110. The first-order valence-electron chi connectivity index (χ1n) is 6.12. The number of rotatable bonds is 7. The molecule has 0 saturated heterocycles. The second kappa shape index (κ2) is 5.72. The molecule has 0 amide bonds. The average molecular weight is 198 g/mol. The third-order valence-corrected chi connectivity index (χ3v) is 3.46. The van der Waals surface area contributed by atoms with Gasteiger partial charge in [-0.2, -0.15) is 0 Å². The summed E-state index contributed by atoms with van der Waals surface area (Å²) in [4.78, 5) is 0. The van der Waals surface area contributed by atoms with Crippen molar-refractivity contribution < 1.29 is 0 Å². The number of nitrogens with two attached hydrogens (primary N) is 1. The standard InChI is InChI=1S/C12H26N2/c1-11(2)14-10-12(7-5-8-12)6-3-4-9-13/h11,14H,3-10,13H2,1-2H3. The molecule has 84 valence electrons. The minimum atomic E-state index is 0.627. The lowest BCUT2D eigenvalue weighted by atomic mass is 9.66. The van der Waals surface area contributed by atoms with Crippen LogP contribution in [0, 0.1) is 5.41 Å². The molecule has 0 aromatic heterocycles. The Hall–Kier alpha value is -0.0800. The molecule has 2 nitrogen and oxygen atoms in total. The van der Waals surface area contributed by atoms with Crippen LogP contribution in [0.5, 0.6) is 0 Å². The number of unbranched alkanes of at least 4 members (excludes halogenated alkanes) is 1. The van der Waals surface area contributed by atoms with E-state index in [9.17, 15) is 0 Å². The van der Waals surface area contributed by atoms with Gasteiger partial charge in [-0.25, -0.2) is 0 Å². The molecule has 0 aliphatic heterocycles. The predicted octanol–water partition coefficient (Wildman–Crippen LogP) is 2.28. The molecular formula is C12H26N2. The molecule has 0 atom stereocenters. The summed E-state index contributed by atoms with van der Waals surface area (Å²) in [5.74, 6) is 0. The third-order valence-electron chi connectivity index (χ3n) is 3.46. The van der Waals surface area contributed by atoms with E-state index in [0.717, 1.165) is 6.54 Å². The Labute approximate surface area is 88.6 Å². The third kappa shape index (κ3) is 3.58. The van der Waals surface area contributed by atoms with E-state index in [1.807, 2.05) is 0 Å². The Morgan fingerprint density at radius 2 is 2.00 bits per heavy atom. The quantitative estimate of drug-likeness (QED) is 0.616. The molecule has 1 saturated carbocycles. The van der Waals surface area contributed by atoms with E-state index in [2.05, 4.69) is 19.2 Å². The zero-order chi connectivity index (χ0) is 10.4. The highest BCUT2D eigenvalue weighted by atomic mass is 14.9. The first-order chi connectivity index (χ1) is 6.68. The van der Waals surface area contributed by atoms with Crippen LogP contribution in [0.15, 0.2) is 0 Å². The maximum absolute atomic E-state index is 5.52. The van der Waals surface area contributed by atoms with Crippen LogP contribution in [0.4, 0.5) is 0 Å². The van der Waals surface area contributed by atoms with Crippen molar-refractivity contribution in [1.29, 1.82) is 0 Å². The van der Waals surface area contributed by atoms with E-state index in [4.69, 9.17) is 5.73 Å². The van der Waals surface area contributed by atoms with Crippen LogP contribution in [-0.4, -0.2) is 19.1 Å².